The van der Waals surface area contributed by atoms with Gasteiger partial charge in [0.1, 0.15) is 5.82 Å². The molecule has 0 aliphatic rings. The largest absolute Gasteiger partial charge is 0.305 e. The minimum atomic E-state index is -3.06. The summed E-state index contributed by atoms with van der Waals surface area (Å²) in [6.07, 6.45) is 1.31. The molecular formula is C23H25F2N7. The van der Waals surface area contributed by atoms with E-state index in [0.29, 0.717) is 37.0 Å². The van der Waals surface area contributed by atoms with Crippen LogP contribution in [0.2, 0.25) is 0 Å². The first kappa shape index (κ1) is 21.7. The molecule has 0 radical (unpaired) electrons. The predicted octanol–water partition coefficient (Wildman–Crippen LogP) is 4.41. The number of halogens is 2. The number of hydrogen-bond donors (Lipinski definition) is 1. The number of nitrogens with one attached hydrogen (secondary N) is 1. The first-order chi connectivity index (χ1) is 15.3. The van der Waals surface area contributed by atoms with E-state index in [1.807, 2.05) is 62.4 Å². The minimum absolute atomic E-state index is 0.290. The molecule has 166 valence electrons. The Morgan fingerprint density at radius 1 is 1.03 bits per heavy atom. The molecule has 2 aromatic carbocycles. The second-order valence-electron chi connectivity index (χ2n) is 8.40. The molecule has 0 amide bonds. The van der Waals surface area contributed by atoms with Crippen LogP contribution in [0.5, 0.6) is 0 Å². The standard InChI is InChI=1S/C23H25F2N7/c1-15(2)12-20-26-22(23(3,24)25)29-32(20)14-17-10-8-16(9-11-17)13-18-6-4-5-7-19(18)21-27-30-31-28-21/h4-11,15H,12-14H2,1-3H3,(H,27,28,30,31). The number of tetrazole rings is 1. The van der Waals surface area contributed by atoms with Crippen molar-refractivity contribution in [2.75, 3.05) is 0 Å². The van der Waals surface area contributed by atoms with E-state index in [0.717, 1.165) is 29.2 Å². The summed E-state index contributed by atoms with van der Waals surface area (Å²) in [5.41, 5.74) is 4.15. The number of benzene rings is 2. The summed E-state index contributed by atoms with van der Waals surface area (Å²) < 4.78 is 29.1. The molecule has 1 N–H and O–H groups in total. The highest BCUT2D eigenvalue weighted by molar-refractivity contribution is 5.60. The highest BCUT2D eigenvalue weighted by Crippen LogP contribution is 2.25. The topological polar surface area (TPSA) is 85.2 Å². The van der Waals surface area contributed by atoms with Gasteiger partial charge in [-0.15, -0.1) is 10.2 Å². The predicted molar refractivity (Wildman–Crippen MR) is 116 cm³/mol. The summed E-state index contributed by atoms with van der Waals surface area (Å²) in [5, 5.41) is 18.2. The molecule has 7 nitrogen and oxygen atoms in total. The number of nitrogens with zero attached hydrogens (tertiary/aromatic N) is 6. The van der Waals surface area contributed by atoms with Gasteiger partial charge in [0.2, 0.25) is 5.82 Å². The fourth-order valence-electron chi connectivity index (χ4n) is 3.54. The average molecular weight is 437 g/mol. The van der Waals surface area contributed by atoms with E-state index in [2.05, 4.69) is 30.7 Å². The van der Waals surface area contributed by atoms with Crippen LogP contribution in [0.4, 0.5) is 8.78 Å². The van der Waals surface area contributed by atoms with Crippen molar-refractivity contribution in [3.05, 3.63) is 76.9 Å². The molecule has 0 saturated carbocycles. The van der Waals surface area contributed by atoms with Crippen LogP contribution < -0.4 is 0 Å². The van der Waals surface area contributed by atoms with Gasteiger partial charge < -0.3 is 0 Å². The van der Waals surface area contributed by atoms with Gasteiger partial charge in [0.05, 0.1) is 6.54 Å². The Hall–Kier alpha value is -3.49. The van der Waals surface area contributed by atoms with Crippen LogP contribution in [0.3, 0.4) is 0 Å². The average Bonchev–Trinajstić information content (AvgIpc) is 3.40. The van der Waals surface area contributed by atoms with E-state index >= 15 is 0 Å². The molecule has 0 atom stereocenters. The van der Waals surface area contributed by atoms with Gasteiger partial charge in [-0.05, 0) is 39.5 Å². The van der Waals surface area contributed by atoms with Gasteiger partial charge in [-0.2, -0.15) is 8.78 Å². The van der Waals surface area contributed by atoms with Gasteiger partial charge in [0.25, 0.3) is 0 Å². The molecule has 0 bridgehead atoms. The molecule has 0 spiro atoms. The van der Waals surface area contributed by atoms with Crippen LogP contribution in [0.25, 0.3) is 11.4 Å². The van der Waals surface area contributed by atoms with E-state index in [-0.39, 0.29) is 0 Å². The summed E-state index contributed by atoms with van der Waals surface area (Å²) in [7, 11) is 0. The highest BCUT2D eigenvalue weighted by Gasteiger charge is 2.31. The first-order valence-electron chi connectivity index (χ1n) is 10.5. The molecule has 4 aromatic rings. The van der Waals surface area contributed by atoms with Crippen LogP contribution in [0.15, 0.2) is 48.5 Å². The monoisotopic (exact) mass is 437 g/mol. The number of hydrogen-bond acceptors (Lipinski definition) is 5. The van der Waals surface area contributed by atoms with E-state index in [9.17, 15) is 8.78 Å². The fraction of sp³-hybridized carbons (Fsp3) is 0.348. The Morgan fingerprint density at radius 2 is 1.75 bits per heavy atom. The SMILES string of the molecule is CC(C)Cc1nc(C(C)(F)F)nn1Cc1ccc(Cc2ccccc2-c2nnn[nH]2)cc1. The highest BCUT2D eigenvalue weighted by atomic mass is 19.3. The van der Waals surface area contributed by atoms with Crippen LogP contribution in [0, 0.1) is 5.92 Å². The third-order valence-electron chi connectivity index (χ3n) is 5.10. The normalized spacial score (nSPS) is 11.9. The summed E-state index contributed by atoms with van der Waals surface area (Å²) in [6, 6.07) is 16.0. The maximum atomic E-state index is 13.8. The number of rotatable bonds is 8. The fourth-order valence-corrected chi connectivity index (χ4v) is 3.54. The molecule has 0 saturated heterocycles. The Morgan fingerprint density at radius 3 is 2.41 bits per heavy atom. The smallest absolute Gasteiger partial charge is 0.245 e. The lowest BCUT2D eigenvalue weighted by molar-refractivity contribution is 0.00755. The molecule has 2 aromatic heterocycles. The van der Waals surface area contributed by atoms with Crippen molar-refractivity contribution in [1.29, 1.82) is 0 Å². The van der Waals surface area contributed by atoms with Crippen LogP contribution >= 0.6 is 0 Å². The van der Waals surface area contributed by atoms with E-state index in [4.69, 9.17) is 0 Å². The third kappa shape index (κ3) is 5.04. The second-order valence-corrected chi connectivity index (χ2v) is 8.40. The molecule has 4 rings (SSSR count). The maximum Gasteiger partial charge on any atom is 0.305 e. The number of alkyl halides is 2. The quantitative estimate of drug-likeness (QED) is 0.441. The van der Waals surface area contributed by atoms with Gasteiger partial charge >= 0.3 is 5.92 Å². The Labute approximate surface area is 184 Å². The van der Waals surface area contributed by atoms with Crippen molar-refractivity contribution < 1.29 is 8.78 Å². The molecule has 0 aliphatic carbocycles. The number of H-pyrrole nitrogens is 1. The van der Waals surface area contributed by atoms with Crippen molar-refractivity contribution in [2.45, 2.75) is 46.1 Å². The van der Waals surface area contributed by atoms with Crippen molar-refractivity contribution >= 4 is 0 Å². The lowest BCUT2D eigenvalue weighted by Crippen LogP contribution is -2.11. The Bertz CT molecular complexity index is 1160. The molecule has 32 heavy (non-hydrogen) atoms. The van der Waals surface area contributed by atoms with E-state index in [1.165, 1.54) is 0 Å². The van der Waals surface area contributed by atoms with Gasteiger partial charge in [-0.25, -0.2) is 14.8 Å². The number of aromatic nitrogens is 7. The summed E-state index contributed by atoms with van der Waals surface area (Å²) in [5.74, 6) is -1.99. The van der Waals surface area contributed by atoms with Gasteiger partial charge in [-0.3, -0.25) is 0 Å². The molecule has 0 fully saturated rings. The summed E-state index contributed by atoms with van der Waals surface area (Å²) in [6.45, 7) is 5.29. The molecule has 2 heterocycles. The van der Waals surface area contributed by atoms with Crippen LogP contribution in [0.1, 0.15) is 49.1 Å². The van der Waals surface area contributed by atoms with E-state index < -0.39 is 11.7 Å². The van der Waals surface area contributed by atoms with Crippen LogP contribution in [-0.4, -0.2) is 35.4 Å². The molecule has 9 heteroatoms. The lowest BCUT2D eigenvalue weighted by Gasteiger charge is -2.10. The molecular weight excluding hydrogens is 412 g/mol. The van der Waals surface area contributed by atoms with Crippen LogP contribution in [-0.2, 0) is 25.3 Å². The zero-order chi connectivity index (χ0) is 22.7. The molecule has 0 aliphatic heterocycles. The number of aromatic amines is 1. The minimum Gasteiger partial charge on any atom is -0.245 e. The van der Waals surface area contributed by atoms with Crippen molar-refractivity contribution in [2.24, 2.45) is 5.92 Å². The lowest BCUT2D eigenvalue weighted by atomic mass is 9.98. The van der Waals surface area contributed by atoms with Gasteiger partial charge in [0, 0.05) is 18.9 Å². The van der Waals surface area contributed by atoms with Gasteiger partial charge in [0.15, 0.2) is 5.82 Å². The zero-order valence-electron chi connectivity index (χ0n) is 18.3. The summed E-state index contributed by atoms with van der Waals surface area (Å²) in [4.78, 5) is 4.11. The van der Waals surface area contributed by atoms with E-state index in [1.54, 1.807) is 4.68 Å². The second kappa shape index (κ2) is 8.94. The Balaban J connectivity index is 1.53. The van der Waals surface area contributed by atoms with Gasteiger partial charge in [-0.1, -0.05) is 62.4 Å². The first-order valence-corrected chi connectivity index (χ1v) is 10.5. The Kier molecular flexibility index (Phi) is 6.07. The van der Waals surface area contributed by atoms with Crippen molar-refractivity contribution in [3.63, 3.8) is 0 Å². The maximum absolute atomic E-state index is 13.8. The zero-order valence-corrected chi connectivity index (χ0v) is 18.3. The van der Waals surface area contributed by atoms with Crippen molar-refractivity contribution in [1.82, 2.24) is 35.4 Å². The summed E-state index contributed by atoms with van der Waals surface area (Å²) >= 11 is 0. The van der Waals surface area contributed by atoms with Crippen molar-refractivity contribution in [3.8, 4) is 11.4 Å². The molecule has 0 unspecified atom stereocenters. The third-order valence-corrected chi connectivity index (χ3v) is 5.10.